The lowest BCUT2D eigenvalue weighted by Gasteiger charge is -2.28. The van der Waals surface area contributed by atoms with Crippen LogP contribution in [0.15, 0.2) is 48.5 Å². The molecule has 0 fully saturated rings. The highest BCUT2D eigenvalue weighted by atomic mass is 28.3. The molecule has 0 atom stereocenters. The average molecular weight is 296 g/mol. The maximum atomic E-state index is 9.12. The number of hydrogen-bond donors (Lipinski definition) is 1. The third-order valence-corrected chi connectivity index (χ3v) is 7.87. The molecule has 1 nitrogen and oxygen atoms in total. The molecule has 0 spiro atoms. The Bertz CT molecular complexity index is 642. The van der Waals surface area contributed by atoms with Gasteiger partial charge in [-0.15, -0.1) is 0 Å². The molecule has 2 heteroatoms. The van der Waals surface area contributed by atoms with Gasteiger partial charge in [-0.1, -0.05) is 78.5 Å². The van der Waals surface area contributed by atoms with E-state index in [0.29, 0.717) is 0 Å². The van der Waals surface area contributed by atoms with Crippen molar-refractivity contribution in [3.63, 3.8) is 0 Å². The maximum absolute atomic E-state index is 9.12. The molecule has 0 unspecified atom stereocenters. The molecule has 110 valence electrons. The Kier molecular flexibility index (Phi) is 4.81. The first-order chi connectivity index (χ1) is 9.98. The van der Waals surface area contributed by atoms with E-state index in [4.69, 9.17) is 5.11 Å². The minimum atomic E-state index is -1.76. The summed E-state index contributed by atoms with van der Waals surface area (Å²) in [4.78, 5) is 0. The van der Waals surface area contributed by atoms with Crippen LogP contribution >= 0.6 is 0 Å². The van der Waals surface area contributed by atoms with Crippen LogP contribution in [0, 0.1) is 13.8 Å². The van der Waals surface area contributed by atoms with Gasteiger partial charge in [0.05, 0.1) is 6.61 Å². The van der Waals surface area contributed by atoms with Gasteiger partial charge >= 0.3 is 0 Å². The van der Waals surface area contributed by atoms with Crippen LogP contribution in [0.3, 0.4) is 0 Å². The summed E-state index contributed by atoms with van der Waals surface area (Å²) >= 11 is 0. The standard InChI is InChI=1S/C19H24OSi/c1-15-12-13-16(2)19(18(15)11-8-14-20)21(3,4)17-9-6-5-7-10-17/h5-13,20H,14H2,1-4H3. The Morgan fingerprint density at radius 3 is 2.19 bits per heavy atom. The highest BCUT2D eigenvalue weighted by Crippen LogP contribution is 2.17. The summed E-state index contributed by atoms with van der Waals surface area (Å²) in [6.45, 7) is 9.24. The van der Waals surface area contributed by atoms with Crippen molar-refractivity contribution in [2.45, 2.75) is 26.9 Å². The molecule has 0 aliphatic rings. The van der Waals surface area contributed by atoms with Crippen molar-refractivity contribution >= 4 is 24.5 Å². The number of hydrogen-bond acceptors (Lipinski definition) is 1. The van der Waals surface area contributed by atoms with Gasteiger partial charge in [0.1, 0.15) is 8.07 Å². The third-order valence-electron chi connectivity index (χ3n) is 4.18. The van der Waals surface area contributed by atoms with Crippen LogP contribution in [0.5, 0.6) is 0 Å². The predicted molar refractivity (Wildman–Crippen MR) is 95.2 cm³/mol. The zero-order chi connectivity index (χ0) is 15.5. The van der Waals surface area contributed by atoms with Crippen molar-refractivity contribution in [2.75, 3.05) is 6.61 Å². The van der Waals surface area contributed by atoms with Gasteiger partial charge < -0.3 is 5.11 Å². The number of aliphatic hydroxyl groups excluding tert-OH is 1. The van der Waals surface area contributed by atoms with Gasteiger partial charge in [0.2, 0.25) is 0 Å². The minimum absolute atomic E-state index is 0.0835. The second-order valence-electron chi connectivity index (χ2n) is 6.06. The Morgan fingerprint density at radius 1 is 0.952 bits per heavy atom. The summed E-state index contributed by atoms with van der Waals surface area (Å²) in [5.74, 6) is 0. The molecule has 0 aromatic heterocycles. The van der Waals surface area contributed by atoms with E-state index in [1.165, 1.54) is 27.1 Å². The van der Waals surface area contributed by atoms with E-state index in [1.807, 2.05) is 6.08 Å². The minimum Gasteiger partial charge on any atom is -0.392 e. The number of benzene rings is 2. The molecular formula is C19H24OSi. The first kappa shape index (κ1) is 15.7. The van der Waals surface area contributed by atoms with E-state index in [2.05, 4.69) is 75.5 Å². The summed E-state index contributed by atoms with van der Waals surface area (Å²) in [6.07, 6.45) is 3.91. The Morgan fingerprint density at radius 2 is 1.57 bits per heavy atom. The SMILES string of the molecule is Cc1ccc(C)c([Si](C)(C)c2ccccc2)c1C=CCO. The van der Waals surface area contributed by atoms with E-state index < -0.39 is 8.07 Å². The van der Waals surface area contributed by atoms with Crippen LogP contribution in [-0.4, -0.2) is 19.8 Å². The summed E-state index contributed by atoms with van der Waals surface area (Å²) < 4.78 is 0. The molecule has 0 radical (unpaired) electrons. The largest absolute Gasteiger partial charge is 0.392 e. The Balaban J connectivity index is 2.67. The van der Waals surface area contributed by atoms with Gasteiger partial charge in [-0.2, -0.15) is 0 Å². The van der Waals surface area contributed by atoms with Gasteiger partial charge in [0, 0.05) is 0 Å². The van der Waals surface area contributed by atoms with Crippen LogP contribution in [-0.2, 0) is 0 Å². The lowest BCUT2D eigenvalue weighted by molar-refractivity contribution is 0.343. The molecule has 0 aliphatic carbocycles. The fourth-order valence-electron chi connectivity index (χ4n) is 3.05. The molecule has 2 rings (SSSR count). The second kappa shape index (κ2) is 6.42. The normalized spacial score (nSPS) is 12.0. The lowest BCUT2D eigenvalue weighted by Crippen LogP contribution is -2.55. The van der Waals surface area contributed by atoms with Crippen molar-refractivity contribution < 1.29 is 5.11 Å². The Labute approximate surface area is 129 Å². The molecule has 21 heavy (non-hydrogen) atoms. The fraction of sp³-hybridized carbons (Fsp3) is 0.263. The highest BCUT2D eigenvalue weighted by Gasteiger charge is 2.29. The maximum Gasteiger partial charge on any atom is 0.113 e. The molecule has 0 bridgehead atoms. The zero-order valence-corrected chi connectivity index (χ0v) is 14.4. The summed E-state index contributed by atoms with van der Waals surface area (Å²) in [5.41, 5.74) is 3.90. The van der Waals surface area contributed by atoms with Gasteiger partial charge in [-0.3, -0.25) is 0 Å². The number of aliphatic hydroxyl groups is 1. The van der Waals surface area contributed by atoms with Crippen molar-refractivity contribution in [1.82, 2.24) is 0 Å². The monoisotopic (exact) mass is 296 g/mol. The molecule has 2 aromatic rings. The van der Waals surface area contributed by atoms with Crippen LogP contribution in [0.2, 0.25) is 13.1 Å². The zero-order valence-electron chi connectivity index (χ0n) is 13.4. The average Bonchev–Trinajstić information content (AvgIpc) is 2.48. The molecule has 0 heterocycles. The summed E-state index contributed by atoms with van der Waals surface area (Å²) in [6, 6.07) is 15.2. The van der Waals surface area contributed by atoms with E-state index in [-0.39, 0.29) is 6.61 Å². The lowest BCUT2D eigenvalue weighted by atomic mass is 10.0. The second-order valence-corrected chi connectivity index (χ2v) is 10.4. The van der Waals surface area contributed by atoms with Crippen molar-refractivity contribution in [2.24, 2.45) is 0 Å². The summed E-state index contributed by atoms with van der Waals surface area (Å²) in [7, 11) is -1.76. The Hall–Kier alpha value is -1.64. The van der Waals surface area contributed by atoms with Gasteiger partial charge in [0.15, 0.2) is 0 Å². The van der Waals surface area contributed by atoms with Crippen LogP contribution < -0.4 is 10.4 Å². The van der Waals surface area contributed by atoms with Crippen molar-refractivity contribution in [3.8, 4) is 0 Å². The molecule has 2 aromatic carbocycles. The first-order valence-electron chi connectivity index (χ1n) is 7.42. The number of aryl methyl sites for hydroxylation is 2. The molecule has 1 N–H and O–H groups in total. The van der Waals surface area contributed by atoms with Gasteiger partial charge in [0.25, 0.3) is 0 Å². The van der Waals surface area contributed by atoms with Crippen LogP contribution in [0.4, 0.5) is 0 Å². The van der Waals surface area contributed by atoms with E-state index in [0.717, 1.165) is 0 Å². The summed E-state index contributed by atoms with van der Waals surface area (Å²) in [5, 5.41) is 12.0. The molecule has 0 saturated carbocycles. The van der Waals surface area contributed by atoms with E-state index in [1.54, 1.807) is 0 Å². The predicted octanol–water partition coefficient (Wildman–Crippen LogP) is 3.13. The first-order valence-corrected chi connectivity index (χ1v) is 10.4. The fourth-order valence-corrected chi connectivity index (χ4v) is 6.38. The smallest absolute Gasteiger partial charge is 0.113 e. The third kappa shape index (κ3) is 3.17. The number of rotatable bonds is 4. The van der Waals surface area contributed by atoms with Crippen LogP contribution in [0.1, 0.15) is 16.7 Å². The van der Waals surface area contributed by atoms with Crippen molar-refractivity contribution in [3.05, 3.63) is 65.2 Å². The molecule has 0 aliphatic heterocycles. The molecule has 0 amide bonds. The van der Waals surface area contributed by atoms with Crippen LogP contribution in [0.25, 0.3) is 6.08 Å². The van der Waals surface area contributed by atoms with Gasteiger partial charge in [-0.05, 0) is 30.2 Å². The van der Waals surface area contributed by atoms with E-state index >= 15 is 0 Å². The van der Waals surface area contributed by atoms with Gasteiger partial charge in [-0.25, -0.2) is 0 Å². The molecular weight excluding hydrogens is 272 g/mol. The topological polar surface area (TPSA) is 20.2 Å². The van der Waals surface area contributed by atoms with E-state index in [9.17, 15) is 0 Å². The van der Waals surface area contributed by atoms with Crippen molar-refractivity contribution in [1.29, 1.82) is 0 Å². The molecule has 0 saturated heterocycles. The highest BCUT2D eigenvalue weighted by molar-refractivity contribution is 7.01. The quantitative estimate of drug-likeness (QED) is 0.860.